The van der Waals surface area contributed by atoms with E-state index in [-0.39, 0.29) is 0 Å². The molecule has 0 aromatic carbocycles. The molecule has 0 bridgehead atoms. The molecule has 1 aliphatic rings. The molecule has 0 amide bonds. The van der Waals surface area contributed by atoms with Crippen LogP contribution in [0.25, 0.3) is 11.5 Å². The summed E-state index contributed by atoms with van der Waals surface area (Å²) in [6.07, 6.45) is 5.85. The van der Waals surface area contributed by atoms with Crippen LogP contribution in [-0.2, 0) is 6.54 Å². The lowest BCUT2D eigenvalue weighted by atomic mass is 10.00. The summed E-state index contributed by atoms with van der Waals surface area (Å²) >= 11 is 0. The fraction of sp³-hybridized carbons (Fsp3) is 0.389. The maximum atomic E-state index is 5.54. The SMILES string of the molecule is CC1CCN(c2nnc(-c3ccccn3)n2Cc2ccco2)CC1. The predicted molar refractivity (Wildman–Crippen MR) is 91.7 cm³/mol. The topological polar surface area (TPSA) is 60.0 Å². The predicted octanol–water partition coefficient (Wildman–Crippen LogP) is 3.22. The molecular weight excluding hydrogens is 302 g/mol. The lowest BCUT2D eigenvalue weighted by molar-refractivity contribution is 0.429. The van der Waals surface area contributed by atoms with Gasteiger partial charge in [0, 0.05) is 19.3 Å². The summed E-state index contributed by atoms with van der Waals surface area (Å²) in [4.78, 5) is 6.76. The van der Waals surface area contributed by atoms with E-state index in [0.29, 0.717) is 6.54 Å². The summed E-state index contributed by atoms with van der Waals surface area (Å²) in [6, 6.07) is 9.72. The molecule has 3 aromatic heterocycles. The third-order valence-electron chi connectivity index (χ3n) is 4.59. The van der Waals surface area contributed by atoms with Crippen molar-refractivity contribution in [3.05, 3.63) is 48.6 Å². The zero-order chi connectivity index (χ0) is 16.4. The molecule has 1 saturated heterocycles. The van der Waals surface area contributed by atoms with Crippen LogP contribution in [0.5, 0.6) is 0 Å². The van der Waals surface area contributed by atoms with Gasteiger partial charge < -0.3 is 9.32 Å². The van der Waals surface area contributed by atoms with Gasteiger partial charge in [0.05, 0.1) is 12.8 Å². The Morgan fingerprint density at radius 2 is 2.00 bits per heavy atom. The van der Waals surface area contributed by atoms with Crippen molar-refractivity contribution in [2.75, 3.05) is 18.0 Å². The normalized spacial score (nSPS) is 15.8. The maximum Gasteiger partial charge on any atom is 0.227 e. The highest BCUT2D eigenvalue weighted by Crippen LogP contribution is 2.26. The Morgan fingerprint density at radius 3 is 2.71 bits per heavy atom. The van der Waals surface area contributed by atoms with Gasteiger partial charge in [-0.15, -0.1) is 10.2 Å². The molecule has 4 rings (SSSR count). The van der Waals surface area contributed by atoms with E-state index in [4.69, 9.17) is 4.42 Å². The van der Waals surface area contributed by atoms with Crippen LogP contribution >= 0.6 is 0 Å². The molecule has 0 spiro atoms. The molecule has 0 saturated carbocycles. The first-order valence-corrected chi connectivity index (χ1v) is 8.43. The second-order valence-corrected chi connectivity index (χ2v) is 6.37. The first-order valence-electron chi connectivity index (χ1n) is 8.43. The lowest BCUT2D eigenvalue weighted by Crippen LogP contribution is -2.35. The second kappa shape index (κ2) is 6.47. The van der Waals surface area contributed by atoms with Crippen molar-refractivity contribution in [3.63, 3.8) is 0 Å². The number of aromatic nitrogens is 4. The van der Waals surface area contributed by atoms with Crippen molar-refractivity contribution in [2.45, 2.75) is 26.3 Å². The molecule has 0 N–H and O–H groups in total. The van der Waals surface area contributed by atoms with E-state index < -0.39 is 0 Å². The fourth-order valence-corrected chi connectivity index (χ4v) is 3.13. The molecule has 6 heteroatoms. The van der Waals surface area contributed by atoms with Crippen molar-refractivity contribution in [1.29, 1.82) is 0 Å². The Hall–Kier alpha value is -2.63. The number of hydrogen-bond acceptors (Lipinski definition) is 5. The van der Waals surface area contributed by atoms with Gasteiger partial charge in [0.2, 0.25) is 5.95 Å². The van der Waals surface area contributed by atoms with Crippen molar-refractivity contribution >= 4 is 5.95 Å². The van der Waals surface area contributed by atoms with Crippen molar-refractivity contribution < 1.29 is 4.42 Å². The highest BCUT2D eigenvalue weighted by molar-refractivity contribution is 5.53. The Bertz CT molecular complexity index is 773. The Balaban J connectivity index is 1.72. The zero-order valence-corrected chi connectivity index (χ0v) is 13.8. The van der Waals surface area contributed by atoms with Crippen LogP contribution < -0.4 is 4.90 Å². The van der Waals surface area contributed by atoms with Crippen LogP contribution in [0, 0.1) is 5.92 Å². The van der Waals surface area contributed by atoms with Gasteiger partial charge in [0.1, 0.15) is 11.5 Å². The standard InChI is InChI=1S/C18H21N5O/c1-14-7-10-22(11-8-14)18-21-20-17(16-6-2-3-9-19-16)23(18)13-15-5-4-12-24-15/h2-6,9,12,14H,7-8,10-11,13H2,1H3. The molecule has 1 aliphatic heterocycles. The van der Waals surface area contributed by atoms with E-state index in [1.54, 1.807) is 12.5 Å². The van der Waals surface area contributed by atoms with E-state index in [9.17, 15) is 0 Å². The molecule has 6 nitrogen and oxygen atoms in total. The molecule has 0 radical (unpaired) electrons. The number of pyridine rings is 1. The van der Waals surface area contributed by atoms with Gasteiger partial charge in [-0.2, -0.15) is 0 Å². The third-order valence-corrected chi connectivity index (χ3v) is 4.59. The van der Waals surface area contributed by atoms with Crippen LogP contribution in [0.4, 0.5) is 5.95 Å². The molecule has 0 unspecified atom stereocenters. The molecule has 124 valence electrons. The number of anilines is 1. The lowest BCUT2D eigenvalue weighted by Gasteiger charge is -2.31. The summed E-state index contributed by atoms with van der Waals surface area (Å²) < 4.78 is 7.65. The third kappa shape index (κ3) is 2.91. The number of furan rings is 1. The molecule has 4 heterocycles. The smallest absolute Gasteiger partial charge is 0.227 e. The Morgan fingerprint density at radius 1 is 1.12 bits per heavy atom. The minimum Gasteiger partial charge on any atom is -0.467 e. The molecule has 1 fully saturated rings. The van der Waals surface area contributed by atoms with Crippen LogP contribution in [0.15, 0.2) is 47.2 Å². The van der Waals surface area contributed by atoms with Crippen LogP contribution in [0.3, 0.4) is 0 Å². The van der Waals surface area contributed by atoms with Gasteiger partial charge in [-0.25, -0.2) is 0 Å². The first kappa shape index (κ1) is 14.9. The number of piperidine rings is 1. The maximum absolute atomic E-state index is 5.54. The van der Waals surface area contributed by atoms with Gasteiger partial charge >= 0.3 is 0 Å². The molecule has 0 atom stereocenters. The van der Waals surface area contributed by atoms with Gasteiger partial charge in [0.15, 0.2) is 5.82 Å². The molecule has 3 aromatic rings. The van der Waals surface area contributed by atoms with E-state index in [1.165, 1.54) is 12.8 Å². The van der Waals surface area contributed by atoms with E-state index >= 15 is 0 Å². The quantitative estimate of drug-likeness (QED) is 0.738. The van der Waals surface area contributed by atoms with Gasteiger partial charge in [0.25, 0.3) is 0 Å². The minimum absolute atomic E-state index is 0.604. The second-order valence-electron chi connectivity index (χ2n) is 6.37. The van der Waals surface area contributed by atoms with Crippen LogP contribution in [-0.4, -0.2) is 32.8 Å². The Kier molecular flexibility index (Phi) is 4.02. The minimum atomic E-state index is 0.604. The summed E-state index contributed by atoms with van der Waals surface area (Å²) in [6.45, 7) is 4.94. The summed E-state index contributed by atoms with van der Waals surface area (Å²) in [7, 11) is 0. The van der Waals surface area contributed by atoms with Crippen LogP contribution in [0.2, 0.25) is 0 Å². The van der Waals surface area contributed by atoms with Crippen molar-refractivity contribution in [3.8, 4) is 11.5 Å². The Labute approximate surface area is 141 Å². The number of rotatable bonds is 4. The number of hydrogen-bond donors (Lipinski definition) is 0. The van der Waals surface area contributed by atoms with Crippen molar-refractivity contribution in [2.24, 2.45) is 5.92 Å². The zero-order valence-electron chi connectivity index (χ0n) is 13.8. The highest BCUT2D eigenvalue weighted by Gasteiger charge is 2.24. The van der Waals surface area contributed by atoms with Gasteiger partial charge in [-0.3, -0.25) is 9.55 Å². The molecule has 24 heavy (non-hydrogen) atoms. The highest BCUT2D eigenvalue weighted by atomic mass is 16.3. The van der Waals surface area contributed by atoms with Gasteiger partial charge in [-0.1, -0.05) is 13.0 Å². The molecule has 0 aliphatic carbocycles. The molecular formula is C18H21N5O. The fourth-order valence-electron chi connectivity index (χ4n) is 3.13. The van der Waals surface area contributed by atoms with Crippen LogP contribution in [0.1, 0.15) is 25.5 Å². The average molecular weight is 323 g/mol. The monoisotopic (exact) mass is 323 g/mol. The van der Waals surface area contributed by atoms with E-state index in [1.807, 2.05) is 30.3 Å². The van der Waals surface area contributed by atoms with E-state index in [2.05, 4.69) is 31.6 Å². The van der Waals surface area contributed by atoms with E-state index in [0.717, 1.165) is 42.2 Å². The summed E-state index contributed by atoms with van der Waals surface area (Å²) in [5.41, 5.74) is 0.827. The largest absolute Gasteiger partial charge is 0.467 e. The summed E-state index contributed by atoms with van der Waals surface area (Å²) in [5, 5.41) is 8.91. The average Bonchev–Trinajstić information content (AvgIpc) is 3.27. The first-order chi connectivity index (χ1) is 11.8. The van der Waals surface area contributed by atoms with Gasteiger partial charge in [-0.05, 0) is 43.0 Å². The summed E-state index contributed by atoms with van der Waals surface area (Å²) in [5.74, 6) is 3.34. The van der Waals surface area contributed by atoms with Crippen molar-refractivity contribution in [1.82, 2.24) is 19.7 Å². The number of nitrogens with zero attached hydrogens (tertiary/aromatic N) is 5.